The number of rotatable bonds is 5. The first-order valence-electron chi connectivity index (χ1n) is 8.65. The summed E-state index contributed by atoms with van der Waals surface area (Å²) in [7, 11) is 0. The predicted octanol–water partition coefficient (Wildman–Crippen LogP) is 5.15. The first-order valence-corrected chi connectivity index (χ1v) is 8.65. The van der Waals surface area contributed by atoms with Gasteiger partial charge < -0.3 is 10.1 Å². The van der Waals surface area contributed by atoms with Gasteiger partial charge in [0.15, 0.2) is 0 Å². The van der Waals surface area contributed by atoms with Crippen LogP contribution in [0.25, 0.3) is 11.1 Å². The summed E-state index contributed by atoms with van der Waals surface area (Å²) < 4.78 is 57.1. The smallest absolute Gasteiger partial charge is 0.387 e. The fourth-order valence-electron chi connectivity index (χ4n) is 3.22. The monoisotopic (exact) mass is 382 g/mol. The van der Waals surface area contributed by atoms with Gasteiger partial charge >= 0.3 is 6.61 Å². The Morgan fingerprint density at radius 1 is 1.11 bits per heavy atom. The fourth-order valence-corrected chi connectivity index (χ4v) is 3.22. The molecule has 1 N–H and O–H groups in total. The van der Waals surface area contributed by atoms with Crippen molar-refractivity contribution in [1.82, 2.24) is 4.98 Å². The van der Waals surface area contributed by atoms with Gasteiger partial charge in [-0.05, 0) is 31.0 Å². The molecule has 1 aromatic carbocycles. The van der Waals surface area contributed by atoms with Gasteiger partial charge in [-0.15, -0.1) is 0 Å². The largest absolute Gasteiger partial charge is 0.434 e. The Hall–Kier alpha value is -2.64. The Kier molecular flexibility index (Phi) is 5.93. The van der Waals surface area contributed by atoms with E-state index in [1.807, 2.05) is 0 Å². The van der Waals surface area contributed by atoms with Gasteiger partial charge in [0.2, 0.25) is 5.91 Å². The number of carbonyl (C=O) groups is 1. The molecule has 27 heavy (non-hydrogen) atoms. The molecule has 0 aliphatic heterocycles. The topological polar surface area (TPSA) is 51.2 Å². The van der Waals surface area contributed by atoms with E-state index in [4.69, 9.17) is 0 Å². The van der Waals surface area contributed by atoms with Crippen molar-refractivity contribution >= 4 is 11.7 Å². The van der Waals surface area contributed by atoms with Crippen molar-refractivity contribution in [2.45, 2.75) is 38.7 Å². The standard InChI is InChI=1S/C19H18F4N2O2/c20-12-6-7-13(16(8-12)27-19(22)23)14-9-17(24-10-15(14)21)25-18(26)11-4-2-1-3-5-11/h6-11,19H,1-5H2,(H,24,25,26). The molecular weight excluding hydrogens is 364 g/mol. The average Bonchev–Trinajstić information content (AvgIpc) is 2.64. The molecule has 0 bridgehead atoms. The van der Waals surface area contributed by atoms with E-state index in [1.165, 1.54) is 6.07 Å². The lowest BCUT2D eigenvalue weighted by Gasteiger charge is -2.20. The minimum atomic E-state index is -3.19. The van der Waals surface area contributed by atoms with E-state index in [9.17, 15) is 22.4 Å². The van der Waals surface area contributed by atoms with Crippen LogP contribution in [-0.2, 0) is 4.79 Å². The zero-order chi connectivity index (χ0) is 19.4. The molecule has 144 valence electrons. The van der Waals surface area contributed by atoms with Gasteiger partial charge in [0.05, 0.1) is 6.20 Å². The van der Waals surface area contributed by atoms with E-state index in [1.54, 1.807) is 0 Å². The summed E-state index contributed by atoms with van der Waals surface area (Å²) in [6.07, 6.45) is 5.49. The number of carbonyl (C=O) groups excluding carboxylic acids is 1. The summed E-state index contributed by atoms with van der Waals surface area (Å²) in [5, 5.41) is 2.64. The highest BCUT2D eigenvalue weighted by Crippen LogP contribution is 2.34. The van der Waals surface area contributed by atoms with E-state index in [0.29, 0.717) is 0 Å². The average molecular weight is 382 g/mol. The van der Waals surface area contributed by atoms with Crippen LogP contribution in [0.2, 0.25) is 0 Å². The van der Waals surface area contributed by atoms with Crippen LogP contribution in [-0.4, -0.2) is 17.5 Å². The number of alkyl halides is 2. The molecule has 1 heterocycles. The van der Waals surface area contributed by atoms with Crippen LogP contribution in [0.1, 0.15) is 32.1 Å². The van der Waals surface area contributed by atoms with Crippen LogP contribution in [0, 0.1) is 17.6 Å². The summed E-state index contributed by atoms with van der Waals surface area (Å²) >= 11 is 0. The molecular formula is C19H18F4N2O2. The minimum Gasteiger partial charge on any atom is -0.434 e. The lowest BCUT2D eigenvalue weighted by atomic mass is 9.89. The van der Waals surface area contributed by atoms with Crippen LogP contribution in [0.5, 0.6) is 5.75 Å². The summed E-state index contributed by atoms with van der Waals surface area (Å²) in [5.74, 6) is -2.35. The minimum absolute atomic E-state index is 0.0650. The van der Waals surface area contributed by atoms with Crippen molar-refractivity contribution in [3.8, 4) is 16.9 Å². The first kappa shape index (κ1) is 19.1. The molecule has 1 aromatic heterocycles. The lowest BCUT2D eigenvalue weighted by Crippen LogP contribution is -2.25. The van der Waals surface area contributed by atoms with Gasteiger partial charge in [0.25, 0.3) is 0 Å². The van der Waals surface area contributed by atoms with Gasteiger partial charge in [-0.1, -0.05) is 19.3 Å². The SMILES string of the molecule is O=C(Nc1cc(-c2ccc(F)cc2OC(F)F)c(F)cn1)C1CCCCC1. The first-order chi connectivity index (χ1) is 12.9. The van der Waals surface area contributed by atoms with Crippen molar-refractivity contribution in [3.63, 3.8) is 0 Å². The number of benzene rings is 1. The molecule has 0 saturated heterocycles. The van der Waals surface area contributed by atoms with Crippen LogP contribution in [0.3, 0.4) is 0 Å². The molecule has 8 heteroatoms. The predicted molar refractivity (Wildman–Crippen MR) is 91.4 cm³/mol. The molecule has 1 amide bonds. The summed E-state index contributed by atoms with van der Waals surface area (Å²) in [6.45, 7) is -3.19. The second-order valence-electron chi connectivity index (χ2n) is 6.39. The van der Waals surface area contributed by atoms with Crippen molar-refractivity contribution in [2.75, 3.05) is 5.32 Å². The maximum atomic E-state index is 14.3. The summed E-state index contributed by atoms with van der Waals surface area (Å²) in [6, 6.07) is 4.12. The molecule has 0 spiro atoms. The molecule has 2 aromatic rings. The van der Waals surface area contributed by atoms with Crippen molar-refractivity contribution < 1.29 is 27.1 Å². The van der Waals surface area contributed by atoms with Crippen molar-refractivity contribution in [2.24, 2.45) is 5.92 Å². The zero-order valence-corrected chi connectivity index (χ0v) is 14.4. The number of nitrogens with zero attached hydrogens (tertiary/aromatic N) is 1. The number of amides is 1. The Labute approximate surface area is 153 Å². The third kappa shape index (κ3) is 4.75. The summed E-state index contributed by atoms with van der Waals surface area (Å²) in [5.41, 5.74) is -0.190. The van der Waals surface area contributed by atoms with E-state index in [-0.39, 0.29) is 28.8 Å². The Morgan fingerprint density at radius 2 is 1.85 bits per heavy atom. The number of hydrogen-bond donors (Lipinski definition) is 1. The molecule has 1 aliphatic carbocycles. The normalized spacial score (nSPS) is 15.0. The molecule has 4 nitrogen and oxygen atoms in total. The second kappa shape index (κ2) is 8.37. The third-order valence-electron chi connectivity index (χ3n) is 4.53. The van der Waals surface area contributed by atoms with Gasteiger partial charge in [-0.2, -0.15) is 8.78 Å². The Morgan fingerprint density at radius 3 is 2.56 bits per heavy atom. The molecule has 1 fully saturated rings. The second-order valence-corrected chi connectivity index (χ2v) is 6.39. The van der Waals surface area contributed by atoms with E-state index < -0.39 is 24.0 Å². The Bertz CT molecular complexity index is 823. The molecule has 0 radical (unpaired) electrons. The van der Waals surface area contributed by atoms with Crippen LogP contribution < -0.4 is 10.1 Å². The van der Waals surface area contributed by atoms with E-state index >= 15 is 0 Å². The number of halogens is 4. The van der Waals surface area contributed by atoms with Crippen LogP contribution in [0.4, 0.5) is 23.4 Å². The number of ether oxygens (including phenoxy) is 1. The fraction of sp³-hybridized carbons (Fsp3) is 0.368. The van der Waals surface area contributed by atoms with Gasteiger partial charge in [0.1, 0.15) is 23.2 Å². The molecule has 3 rings (SSSR count). The number of nitrogens with one attached hydrogen (secondary N) is 1. The highest BCUT2D eigenvalue weighted by molar-refractivity contribution is 5.92. The lowest BCUT2D eigenvalue weighted by molar-refractivity contribution is -0.120. The maximum absolute atomic E-state index is 14.3. The van der Waals surface area contributed by atoms with Crippen molar-refractivity contribution in [1.29, 1.82) is 0 Å². The molecule has 0 atom stereocenters. The van der Waals surface area contributed by atoms with E-state index in [2.05, 4.69) is 15.0 Å². The van der Waals surface area contributed by atoms with Gasteiger partial charge in [-0.25, -0.2) is 13.8 Å². The molecule has 0 unspecified atom stereocenters. The van der Waals surface area contributed by atoms with Gasteiger partial charge in [-0.3, -0.25) is 4.79 Å². The van der Waals surface area contributed by atoms with Crippen LogP contribution in [0.15, 0.2) is 30.5 Å². The Balaban J connectivity index is 1.88. The van der Waals surface area contributed by atoms with Crippen LogP contribution >= 0.6 is 0 Å². The quantitative estimate of drug-likeness (QED) is 0.728. The number of pyridine rings is 1. The summed E-state index contributed by atoms with van der Waals surface area (Å²) in [4.78, 5) is 16.2. The number of anilines is 1. The van der Waals surface area contributed by atoms with E-state index in [0.717, 1.165) is 56.5 Å². The number of aromatic nitrogens is 1. The van der Waals surface area contributed by atoms with Gasteiger partial charge in [0, 0.05) is 23.1 Å². The van der Waals surface area contributed by atoms with Crippen molar-refractivity contribution in [3.05, 3.63) is 42.1 Å². The molecule has 1 aliphatic rings. The highest BCUT2D eigenvalue weighted by Gasteiger charge is 2.22. The third-order valence-corrected chi connectivity index (χ3v) is 4.53. The molecule has 1 saturated carbocycles. The number of hydrogen-bond acceptors (Lipinski definition) is 3. The highest BCUT2D eigenvalue weighted by atomic mass is 19.3. The maximum Gasteiger partial charge on any atom is 0.387 e. The zero-order valence-electron chi connectivity index (χ0n) is 14.4.